The van der Waals surface area contributed by atoms with Crippen LogP contribution in [0.4, 0.5) is 0 Å². The number of hydrogen-bond acceptors (Lipinski definition) is 3. The topological polar surface area (TPSA) is 46.5 Å². The van der Waals surface area contributed by atoms with E-state index in [0.717, 1.165) is 0 Å². The fourth-order valence-corrected chi connectivity index (χ4v) is 0.550. The van der Waals surface area contributed by atoms with Crippen LogP contribution in [0.15, 0.2) is 16.2 Å². The highest BCUT2D eigenvalue weighted by Crippen LogP contribution is 2.07. The molecule has 0 N–H and O–H groups in total. The molecule has 0 fully saturated rings. The third kappa shape index (κ3) is 3.14. The predicted molar refractivity (Wildman–Crippen MR) is 39.2 cm³/mol. The van der Waals surface area contributed by atoms with Crippen LogP contribution in [-0.4, -0.2) is 18.8 Å². The van der Waals surface area contributed by atoms with Gasteiger partial charge in [0.25, 0.3) is 0 Å². The van der Waals surface area contributed by atoms with E-state index in [9.17, 15) is 4.79 Å². The number of halogens is 1. The molecule has 1 aliphatic heterocycles. The van der Waals surface area contributed by atoms with Gasteiger partial charge in [-0.25, -0.2) is 4.99 Å². The van der Waals surface area contributed by atoms with Crippen molar-refractivity contribution in [2.24, 2.45) is 4.99 Å². The zero-order valence-electron chi connectivity index (χ0n) is 5.21. The van der Waals surface area contributed by atoms with Gasteiger partial charge in [-0.2, -0.15) is 0 Å². The van der Waals surface area contributed by atoms with Crippen molar-refractivity contribution in [3.8, 4) is 0 Å². The highest BCUT2D eigenvalue weighted by Gasteiger charge is 2.00. The smallest absolute Gasteiger partial charge is 0.177 e. The number of carbonyl (C=O) groups is 2. The standard InChI is InChI=1S/C5H4ClNO.CH2O/c6-5-2-1-4(8)3-7-5;1-2/h2-3H,1H2;1H2. The summed E-state index contributed by atoms with van der Waals surface area (Å²) < 4.78 is 0. The first-order valence-electron chi connectivity index (χ1n) is 2.50. The van der Waals surface area contributed by atoms with E-state index in [0.29, 0.717) is 11.6 Å². The molecule has 0 aromatic heterocycles. The summed E-state index contributed by atoms with van der Waals surface area (Å²) in [5.41, 5.74) is 0. The van der Waals surface area contributed by atoms with Crippen LogP contribution in [0.3, 0.4) is 0 Å². The van der Waals surface area contributed by atoms with Crippen LogP contribution in [0.5, 0.6) is 0 Å². The minimum Gasteiger partial charge on any atom is -0.307 e. The molecule has 0 spiro atoms. The molecule has 1 heterocycles. The molecule has 0 aliphatic carbocycles. The molecule has 54 valence electrons. The largest absolute Gasteiger partial charge is 0.307 e. The van der Waals surface area contributed by atoms with Gasteiger partial charge in [0.2, 0.25) is 0 Å². The molecule has 0 amide bonds. The van der Waals surface area contributed by atoms with Crippen molar-refractivity contribution in [2.45, 2.75) is 6.42 Å². The predicted octanol–water partition coefficient (Wildman–Crippen LogP) is 0.925. The average molecular weight is 160 g/mol. The van der Waals surface area contributed by atoms with Gasteiger partial charge in [-0.1, -0.05) is 11.6 Å². The van der Waals surface area contributed by atoms with Crippen molar-refractivity contribution in [2.75, 3.05) is 0 Å². The third-order valence-electron chi connectivity index (χ3n) is 0.804. The van der Waals surface area contributed by atoms with Crippen molar-refractivity contribution < 1.29 is 9.59 Å². The van der Waals surface area contributed by atoms with Gasteiger partial charge >= 0.3 is 0 Å². The van der Waals surface area contributed by atoms with E-state index in [2.05, 4.69) is 4.99 Å². The molecule has 1 aliphatic rings. The molecule has 0 unspecified atom stereocenters. The van der Waals surface area contributed by atoms with Crippen molar-refractivity contribution in [1.82, 2.24) is 0 Å². The lowest BCUT2D eigenvalue weighted by atomic mass is 10.3. The van der Waals surface area contributed by atoms with Gasteiger partial charge < -0.3 is 4.79 Å². The molecular weight excluding hydrogens is 154 g/mol. The summed E-state index contributed by atoms with van der Waals surface area (Å²) in [5.74, 6) is 0.00870. The van der Waals surface area contributed by atoms with Gasteiger partial charge in [0.05, 0.1) is 6.21 Å². The maximum atomic E-state index is 10.4. The Morgan fingerprint density at radius 2 is 2.20 bits per heavy atom. The number of Topliss-reactive ketones (excluding diaryl/α,β-unsaturated/α-hetero) is 1. The third-order valence-corrected chi connectivity index (χ3v) is 1.06. The number of hydrogen-bond donors (Lipinski definition) is 0. The molecule has 0 radical (unpaired) electrons. The van der Waals surface area contributed by atoms with Crippen molar-refractivity contribution >= 4 is 30.4 Å². The Balaban J connectivity index is 0.000000371. The van der Waals surface area contributed by atoms with E-state index >= 15 is 0 Å². The summed E-state index contributed by atoms with van der Waals surface area (Å²) >= 11 is 5.39. The number of carbonyl (C=O) groups excluding carboxylic acids is 2. The molecular formula is C6H6ClNO2. The van der Waals surface area contributed by atoms with Gasteiger partial charge in [-0.15, -0.1) is 0 Å². The zero-order valence-corrected chi connectivity index (χ0v) is 5.97. The Labute approximate surface area is 63.4 Å². The number of nitrogens with zero attached hydrogens (tertiary/aromatic N) is 1. The van der Waals surface area contributed by atoms with Crippen LogP contribution in [0.25, 0.3) is 0 Å². The minimum absolute atomic E-state index is 0.00870. The summed E-state index contributed by atoms with van der Waals surface area (Å²) in [6.07, 6.45) is 3.22. The number of allylic oxidation sites excluding steroid dienone is 1. The first kappa shape index (κ1) is 9.04. The normalized spacial score (nSPS) is 15.3. The van der Waals surface area contributed by atoms with E-state index in [1.165, 1.54) is 6.21 Å². The summed E-state index contributed by atoms with van der Waals surface area (Å²) in [7, 11) is 0. The minimum atomic E-state index is 0.00870. The van der Waals surface area contributed by atoms with Crippen LogP contribution >= 0.6 is 11.6 Å². The van der Waals surface area contributed by atoms with E-state index in [4.69, 9.17) is 16.4 Å². The summed E-state index contributed by atoms with van der Waals surface area (Å²) in [5, 5.41) is 0.407. The number of aliphatic imine (C=N–C) groups is 1. The Morgan fingerprint density at radius 1 is 1.60 bits per heavy atom. The van der Waals surface area contributed by atoms with Gasteiger partial charge in [-0.3, -0.25) is 4.79 Å². The van der Waals surface area contributed by atoms with E-state index in [1.807, 2.05) is 6.79 Å². The quantitative estimate of drug-likeness (QED) is 0.494. The Kier molecular flexibility index (Phi) is 4.41. The summed E-state index contributed by atoms with van der Waals surface area (Å²) in [4.78, 5) is 21.9. The molecule has 0 bridgehead atoms. The van der Waals surface area contributed by atoms with E-state index < -0.39 is 0 Å². The van der Waals surface area contributed by atoms with Crippen molar-refractivity contribution in [3.63, 3.8) is 0 Å². The summed E-state index contributed by atoms with van der Waals surface area (Å²) in [6.45, 7) is 2.00. The van der Waals surface area contributed by atoms with Crippen molar-refractivity contribution in [3.05, 3.63) is 11.2 Å². The molecule has 0 saturated carbocycles. The second-order valence-corrected chi connectivity index (χ2v) is 1.84. The lowest BCUT2D eigenvalue weighted by Crippen LogP contribution is -2.00. The lowest BCUT2D eigenvalue weighted by molar-refractivity contribution is -0.111. The summed E-state index contributed by atoms with van der Waals surface area (Å²) in [6, 6.07) is 0. The van der Waals surface area contributed by atoms with Crippen LogP contribution in [0.1, 0.15) is 6.42 Å². The fraction of sp³-hybridized carbons (Fsp3) is 0.167. The monoisotopic (exact) mass is 159 g/mol. The second kappa shape index (κ2) is 4.88. The Bertz CT molecular complexity index is 183. The maximum absolute atomic E-state index is 10.4. The number of ketones is 1. The molecule has 1 rings (SSSR count). The van der Waals surface area contributed by atoms with E-state index in [1.54, 1.807) is 6.08 Å². The highest BCUT2D eigenvalue weighted by molar-refractivity contribution is 6.35. The maximum Gasteiger partial charge on any atom is 0.177 e. The van der Waals surface area contributed by atoms with E-state index in [-0.39, 0.29) is 5.78 Å². The molecule has 0 aromatic rings. The van der Waals surface area contributed by atoms with Gasteiger partial charge in [0.1, 0.15) is 11.9 Å². The average Bonchev–Trinajstić information content (AvgIpc) is 2.00. The van der Waals surface area contributed by atoms with Crippen LogP contribution in [0, 0.1) is 0 Å². The second-order valence-electron chi connectivity index (χ2n) is 1.46. The van der Waals surface area contributed by atoms with Gasteiger partial charge in [0, 0.05) is 6.42 Å². The van der Waals surface area contributed by atoms with Gasteiger partial charge in [-0.05, 0) is 6.08 Å². The molecule has 0 aromatic carbocycles. The molecule has 0 saturated heterocycles. The molecule has 10 heavy (non-hydrogen) atoms. The zero-order chi connectivity index (χ0) is 7.98. The Hall–Kier alpha value is -0.960. The Morgan fingerprint density at radius 3 is 2.50 bits per heavy atom. The first-order valence-corrected chi connectivity index (χ1v) is 2.88. The van der Waals surface area contributed by atoms with Crippen LogP contribution in [-0.2, 0) is 9.59 Å². The van der Waals surface area contributed by atoms with Gasteiger partial charge in [0.15, 0.2) is 5.78 Å². The van der Waals surface area contributed by atoms with Crippen LogP contribution in [0.2, 0.25) is 0 Å². The molecule has 0 atom stereocenters. The van der Waals surface area contributed by atoms with Crippen LogP contribution < -0.4 is 0 Å². The SMILES string of the molecule is C=O.O=C1C=NC(Cl)=CC1. The number of rotatable bonds is 0. The fourth-order valence-electron chi connectivity index (χ4n) is 0.424. The lowest BCUT2D eigenvalue weighted by Gasteiger charge is -1.93. The van der Waals surface area contributed by atoms with Crippen molar-refractivity contribution in [1.29, 1.82) is 0 Å². The first-order chi connectivity index (χ1) is 4.79. The molecule has 4 heteroatoms. The highest BCUT2D eigenvalue weighted by atomic mass is 35.5. The molecule has 3 nitrogen and oxygen atoms in total.